The molecule has 0 saturated carbocycles. The molecule has 20 heavy (non-hydrogen) atoms. The standard InChI is InChI=1S/C12H9Cl2FN2O2S/c13-7-2-1-3-8(4-7)17-20(18,19)12-6-11(16)10(15)5-9(12)14/h1-6,17H,16H2. The molecule has 0 spiro atoms. The lowest BCUT2D eigenvalue weighted by molar-refractivity contribution is 0.600. The van der Waals surface area contributed by atoms with Crippen LogP contribution in [0.5, 0.6) is 0 Å². The van der Waals surface area contributed by atoms with Crippen LogP contribution in [0.3, 0.4) is 0 Å². The molecule has 0 unspecified atom stereocenters. The van der Waals surface area contributed by atoms with Gasteiger partial charge in [0.2, 0.25) is 0 Å². The largest absolute Gasteiger partial charge is 0.396 e. The SMILES string of the molecule is Nc1cc(S(=O)(=O)Nc2cccc(Cl)c2)c(Cl)cc1F. The second-order valence-electron chi connectivity index (χ2n) is 3.92. The molecule has 0 fully saturated rings. The molecule has 0 radical (unpaired) electrons. The Bertz CT molecular complexity index is 766. The van der Waals surface area contributed by atoms with Gasteiger partial charge in [0.05, 0.1) is 16.4 Å². The summed E-state index contributed by atoms with van der Waals surface area (Å²) >= 11 is 11.5. The molecule has 8 heteroatoms. The summed E-state index contributed by atoms with van der Waals surface area (Å²) in [5, 5.41) is 0.112. The van der Waals surface area contributed by atoms with Crippen molar-refractivity contribution in [2.45, 2.75) is 4.90 Å². The molecular weight excluding hydrogens is 326 g/mol. The van der Waals surface area contributed by atoms with Crippen molar-refractivity contribution in [2.24, 2.45) is 0 Å². The van der Waals surface area contributed by atoms with E-state index in [0.717, 1.165) is 12.1 Å². The number of rotatable bonds is 3. The first-order valence-corrected chi connectivity index (χ1v) is 7.56. The Hall–Kier alpha value is -1.50. The van der Waals surface area contributed by atoms with Gasteiger partial charge < -0.3 is 5.73 Å². The number of hydrogen-bond donors (Lipinski definition) is 2. The topological polar surface area (TPSA) is 72.2 Å². The van der Waals surface area contributed by atoms with E-state index in [1.807, 2.05) is 0 Å². The molecule has 0 aliphatic rings. The van der Waals surface area contributed by atoms with Crippen LogP contribution in [-0.2, 0) is 10.0 Å². The average Bonchev–Trinajstić information content (AvgIpc) is 2.33. The number of nitrogen functional groups attached to an aromatic ring is 1. The van der Waals surface area contributed by atoms with Crippen molar-refractivity contribution in [1.29, 1.82) is 0 Å². The average molecular weight is 335 g/mol. The minimum atomic E-state index is -3.99. The van der Waals surface area contributed by atoms with Crippen molar-refractivity contribution in [3.05, 3.63) is 52.3 Å². The molecule has 0 heterocycles. The Kier molecular flexibility index (Phi) is 4.08. The summed E-state index contributed by atoms with van der Waals surface area (Å²) in [5.74, 6) is -0.781. The summed E-state index contributed by atoms with van der Waals surface area (Å²) in [6.45, 7) is 0. The third-order valence-electron chi connectivity index (χ3n) is 2.42. The zero-order valence-corrected chi connectivity index (χ0v) is 12.2. The number of benzene rings is 2. The van der Waals surface area contributed by atoms with E-state index in [0.29, 0.717) is 5.02 Å². The Morgan fingerprint density at radius 1 is 1.15 bits per heavy atom. The number of anilines is 2. The maximum absolute atomic E-state index is 13.2. The molecule has 0 saturated heterocycles. The Balaban J connectivity index is 2.43. The van der Waals surface area contributed by atoms with Crippen LogP contribution >= 0.6 is 23.2 Å². The Morgan fingerprint density at radius 2 is 1.85 bits per heavy atom. The van der Waals surface area contributed by atoms with Crippen molar-refractivity contribution in [3.8, 4) is 0 Å². The number of nitrogens with one attached hydrogen (secondary N) is 1. The highest BCUT2D eigenvalue weighted by atomic mass is 35.5. The second kappa shape index (κ2) is 5.47. The van der Waals surface area contributed by atoms with Crippen LogP contribution in [0.25, 0.3) is 0 Å². The van der Waals surface area contributed by atoms with Crippen LogP contribution in [0.15, 0.2) is 41.3 Å². The summed E-state index contributed by atoms with van der Waals surface area (Å²) < 4.78 is 39.8. The summed E-state index contributed by atoms with van der Waals surface area (Å²) in [7, 11) is -3.99. The minimum Gasteiger partial charge on any atom is -0.396 e. The first kappa shape index (κ1) is 14.9. The normalized spacial score (nSPS) is 11.3. The molecule has 2 aromatic rings. The summed E-state index contributed by atoms with van der Waals surface area (Å²) in [5.41, 5.74) is 5.31. The van der Waals surface area contributed by atoms with E-state index in [9.17, 15) is 12.8 Å². The van der Waals surface area contributed by atoms with Gasteiger partial charge in [-0.15, -0.1) is 0 Å². The van der Waals surface area contributed by atoms with Gasteiger partial charge in [-0.25, -0.2) is 12.8 Å². The fourth-order valence-corrected chi connectivity index (χ4v) is 3.30. The molecule has 0 amide bonds. The third-order valence-corrected chi connectivity index (χ3v) is 4.50. The van der Waals surface area contributed by atoms with E-state index in [-0.39, 0.29) is 21.3 Å². The molecule has 2 rings (SSSR count). The van der Waals surface area contributed by atoms with E-state index in [2.05, 4.69) is 4.72 Å². The van der Waals surface area contributed by atoms with Gasteiger partial charge in [-0.05, 0) is 30.3 Å². The van der Waals surface area contributed by atoms with Crippen molar-refractivity contribution in [2.75, 3.05) is 10.5 Å². The highest BCUT2D eigenvalue weighted by Crippen LogP contribution is 2.28. The van der Waals surface area contributed by atoms with Gasteiger partial charge in [0.25, 0.3) is 10.0 Å². The van der Waals surface area contributed by atoms with Crippen LogP contribution in [0.2, 0.25) is 10.0 Å². The zero-order valence-electron chi connectivity index (χ0n) is 9.90. The second-order valence-corrected chi connectivity index (χ2v) is 6.41. The summed E-state index contributed by atoms with van der Waals surface area (Å²) in [4.78, 5) is -0.307. The third kappa shape index (κ3) is 3.15. The van der Waals surface area contributed by atoms with Crippen LogP contribution in [0.4, 0.5) is 15.8 Å². The Labute approximate surface area is 125 Å². The number of nitrogens with two attached hydrogens (primary N) is 1. The van der Waals surface area contributed by atoms with Gasteiger partial charge in [-0.3, -0.25) is 4.72 Å². The molecule has 0 aliphatic heterocycles. The summed E-state index contributed by atoms with van der Waals surface area (Å²) in [6.07, 6.45) is 0. The number of halogens is 3. The zero-order chi connectivity index (χ0) is 14.9. The quantitative estimate of drug-likeness (QED) is 0.843. The fourth-order valence-electron chi connectivity index (χ4n) is 1.51. The van der Waals surface area contributed by atoms with E-state index in [4.69, 9.17) is 28.9 Å². The predicted octanol–water partition coefficient (Wildman–Crippen LogP) is 3.52. The van der Waals surface area contributed by atoms with Crippen LogP contribution in [-0.4, -0.2) is 8.42 Å². The highest BCUT2D eigenvalue weighted by molar-refractivity contribution is 7.92. The van der Waals surface area contributed by atoms with Crippen molar-refractivity contribution >= 4 is 44.6 Å². The smallest absolute Gasteiger partial charge is 0.263 e. The molecule has 2 aromatic carbocycles. The van der Waals surface area contributed by atoms with Gasteiger partial charge in [0.15, 0.2) is 0 Å². The van der Waals surface area contributed by atoms with E-state index >= 15 is 0 Å². The first-order valence-electron chi connectivity index (χ1n) is 5.32. The van der Waals surface area contributed by atoms with Gasteiger partial charge in [-0.1, -0.05) is 29.3 Å². The summed E-state index contributed by atoms with van der Waals surface area (Å²) in [6, 6.07) is 7.95. The molecule has 4 nitrogen and oxygen atoms in total. The lowest BCUT2D eigenvalue weighted by Gasteiger charge is -2.10. The first-order chi connectivity index (χ1) is 9.29. The monoisotopic (exact) mass is 334 g/mol. The fraction of sp³-hybridized carbons (Fsp3) is 0. The van der Waals surface area contributed by atoms with Crippen molar-refractivity contribution in [1.82, 2.24) is 0 Å². The molecule has 3 N–H and O–H groups in total. The van der Waals surface area contributed by atoms with Crippen molar-refractivity contribution < 1.29 is 12.8 Å². The van der Waals surface area contributed by atoms with Crippen LogP contribution < -0.4 is 10.5 Å². The van der Waals surface area contributed by atoms with Crippen LogP contribution in [0.1, 0.15) is 0 Å². The molecule has 0 atom stereocenters. The highest BCUT2D eigenvalue weighted by Gasteiger charge is 2.20. The molecule has 0 aliphatic carbocycles. The molecular formula is C12H9Cl2FN2O2S. The van der Waals surface area contributed by atoms with E-state index in [1.165, 1.54) is 12.1 Å². The van der Waals surface area contributed by atoms with E-state index in [1.54, 1.807) is 12.1 Å². The lowest BCUT2D eigenvalue weighted by atomic mass is 10.3. The number of hydrogen-bond acceptors (Lipinski definition) is 3. The molecule has 106 valence electrons. The predicted molar refractivity (Wildman–Crippen MR) is 78.1 cm³/mol. The van der Waals surface area contributed by atoms with Crippen molar-refractivity contribution in [3.63, 3.8) is 0 Å². The molecule has 0 aromatic heterocycles. The Morgan fingerprint density at radius 3 is 2.50 bits per heavy atom. The maximum Gasteiger partial charge on any atom is 0.263 e. The lowest BCUT2D eigenvalue weighted by Crippen LogP contribution is -2.14. The van der Waals surface area contributed by atoms with Gasteiger partial charge in [0, 0.05) is 5.02 Å². The van der Waals surface area contributed by atoms with Gasteiger partial charge in [0.1, 0.15) is 10.7 Å². The number of sulfonamides is 1. The molecule has 0 bridgehead atoms. The van der Waals surface area contributed by atoms with Crippen LogP contribution in [0, 0.1) is 5.82 Å². The van der Waals surface area contributed by atoms with Gasteiger partial charge in [-0.2, -0.15) is 0 Å². The van der Waals surface area contributed by atoms with Gasteiger partial charge >= 0.3 is 0 Å². The maximum atomic E-state index is 13.2. The minimum absolute atomic E-state index is 0.258. The van der Waals surface area contributed by atoms with E-state index < -0.39 is 15.8 Å².